The van der Waals surface area contributed by atoms with Gasteiger partial charge in [-0.2, -0.15) is 13.2 Å². The molecule has 0 unspecified atom stereocenters. The summed E-state index contributed by atoms with van der Waals surface area (Å²) in [5.41, 5.74) is -0.238. The SMILES string of the molecule is CC(C)C[C@H](NC(=O)c1cnc(C(F)(F)F)nc1)C(=O)O. The predicted octanol–water partition coefficient (Wildman–Crippen LogP) is 1.72. The second-order valence-corrected chi connectivity index (χ2v) is 4.79. The van der Waals surface area contributed by atoms with Crippen LogP contribution in [0.3, 0.4) is 0 Å². The summed E-state index contributed by atoms with van der Waals surface area (Å²) in [6.07, 6.45) is -3.09. The minimum Gasteiger partial charge on any atom is -0.480 e. The van der Waals surface area contributed by atoms with Crippen LogP contribution in [0.1, 0.15) is 36.5 Å². The Hall–Kier alpha value is -2.19. The van der Waals surface area contributed by atoms with Crippen LogP contribution in [0.5, 0.6) is 0 Å². The number of aromatic nitrogens is 2. The van der Waals surface area contributed by atoms with Crippen molar-refractivity contribution in [3.8, 4) is 0 Å². The number of carbonyl (C=O) groups is 2. The van der Waals surface area contributed by atoms with Crippen molar-refractivity contribution in [2.45, 2.75) is 32.5 Å². The fourth-order valence-electron chi connectivity index (χ4n) is 1.53. The number of nitrogens with zero attached hydrogens (tertiary/aromatic N) is 2. The highest BCUT2D eigenvalue weighted by atomic mass is 19.4. The number of alkyl halides is 3. The van der Waals surface area contributed by atoms with Gasteiger partial charge in [0.1, 0.15) is 6.04 Å². The van der Waals surface area contributed by atoms with E-state index in [4.69, 9.17) is 5.11 Å². The number of amides is 1. The molecule has 0 saturated heterocycles. The van der Waals surface area contributed by atoms with Crippen molar-refractivity contribution < 1.29 is 27.9 Å². The van der Waals surface area contributed by atoms with E-state index in [0.717, 1.165) is 0 Å². The summed E-state index contributed by atoms with van der Waals surface area (Å²) in [7, 11) is 0. The van der Waals surface area contributed by atoms with Crippen LogP contribution in [0.25, 0.3) is 0 Å². The van der Waals surface area contributed by atoms with Crippen molar-refractivity contribution in [3.63, 3.8) is 0 Å². The molecule has 2 N–H and O–H groups in total. The van der Waals surface area contributed by atoms with Crippen molar-refractivity contribution in [3.05, 3.63) is 23.8 Å². The number of carboxylic acid groups (broad SMARTS) is 1. The van der Waals surface area contributed by atoms with Crippen molar-refractivity contribution in [1.29, 1.82) is 0 Å². The van der Waals surface area contributed by atoms with Gasteiger partial charge in [-0.1, -0.05) is 13.8 Å². The predicted molar refractivity (Wildman–Crippen MR) is 65.4 cm³/mol. The maximum atomic E-state index is 12.3. The smallest absolute Gasteiger partial charge is 0.451 e. The Labute approximate surface area is 118 Å². The number of rotatable bonds is 5. The van der Waals surface area contributed by atoms with E-state index in [1.54, 1.807) is 13.8 Å². The van der Waals surface area contributed by atoms with Crippen LogP contribution in [0.2, 0.25) is 0 Å². The third-order valence-electron chi connectivity index (χ3n) is 2.48. The van der Waals surface area contributed by atoms with Gasteiger partial charge in [0.2, 0.25) is 5.82 Å². The highest BCUT2D eigenvalue weighted by molar-refractivity contribution is 5.96. The van der Waals surface area contributed by atoms with Crippen LogP contribution in [-0.4, -0.2) is 33.0 Å². The first-order valence-corrected chi connectivity index (χ1v) is 6.04. The van der Waals surface area contributed by atoms with Crippen LogP contribution in [0.4, 0.5) is 13.2 Å². The highest BCUT2D eigenvalue weighted by Gasteiger charge is 2.34. The van der Waals surface area contributed by atoms with Crippen LogP contribution < -0.4 is 5.32 Å². The molecule has 0 saturated carbocycles. The monoisotopic (exact) mass is 305 g/mol. The zero-order valence-electron chi connectivity index (χ0n) is 11.3. The van der Waals surface area contributed by atoms with Crippen LogP contribution >= 0.6 is 0 Å². The van der Waals surface area contributed by atoms with Gasteiger partial charge in [0.05, 0.1) is 5.56 Å². The quantitative estimate of drug-likeness (QED) is 0.864. The molecular formula is C12H14F3N3O3. The van der Waals surface area contributed by atoms with Gasteiger partial charge in [0.15, 0.2) is 0 Å². The maximum Gasteiger partial charge on any atom is 0.451 e. The molecule has 1 aromatic rings. The number of aliphatic carboxylic acids is 1. The van der Waals surface area contributed by atoms with E-state index >= 15 is 0 Å². The van der Waals surface area contributed by atoms with Crippen LogP contribution in [0.15, 0.2) is 12.4 Å². The zero-order chi connectivity index (χ0) is 16.2. The molecule has 0 aliphatic carbocycles. The van der Waals surface area contributed by atoms with Gasteiger partial charge < -0.3 is 10.4 Å². The summed E-state index contributed by atoms with van der Waals surface area (Å²) in [6.45, 7) is 3.56. The number of carbonyl (C=O) groups excluding carboxylic acids is 1. The average Bonchev–Trinajstić information content (AvgIpc) is 2.36. The lowest BCUT2D eigenvalue weighted by Gasteiger charge is -2.16. The number of carboxylic acids is 1. The Balaban J connectivity index is 2.81. The molecule has 9 heteroatoms. The van der Waals surface area contributed by atoms with Gasteiger partial charge in [0.25, 0.3) is 5.91 Å². The Kier molecular flexibility index (Phi) is 5.23. The third-order valence-corrected chi connectivity index (χ3v) is 2.48. The summed E-state index contributed by atoms with van der Waals surface area (Å²) < 4.78 is 36.8. The molecule has 0 spiro atoms. The van der Waals surface area contributed by atoms with E-state index in [2.05, 4.69) is 15.3 Å². The Morgan fingerprint density at radius 3 is 2.19 bits per heavy atom. The lowest BCUT2D eigenvalue weighted by atomic mass is 10.0. The standard InChI is InChI=1S/C12H14F3N3O3/c1-6(2)3-8(10(20)21)18-9(19)7-4-16-11(17-5-7)12(13,14)15/h4-6,8H,3H2,1-2H3,(H,18,19)(H,20,21)/t8-/m0/s1. The van der Waals surface area contributed by atoms with E-state index in [9.17, 15) is 22.8 Å². The minimum atomic E-state index is -4.70. The molecule has 0 aromatic carbocycles. The van der Waals surface area contributed by atoms with Gasteiger partial charge in [-0.3, -0.25) is 4.79 Å². The molecule has 1 rings (SSSR count). The molecule has 1 heterocycles. The largest absolute Gasteiger partial charge is 0.480 e. The fourth-order valence-corrected chi connectivity index (χ4v) is 1.53. The summed E-state index contributed by atoms with van der Waals surface area (Å²) in [5.74, 6) is -3.40. The Morgan fingerprint density at radius 2 is 1.81 bits per heavy atom. The molecule has 1 atom stereocenters. The van der Waals surface area contributed by atoms with Gasteiger partial charge in [0, 0.05) is 12.4 Å². The van der Waals surface area contributed by atoms with Gasteiger partial charge >= 0.3 is 12.1 Å². The maximum absolute atomic E-state index is 12.3. The summed E-state index contributed by atoms with van der Waals surface area (Å²) in [5, 5.41) is 11.2. The summed E-state index contributed by atoms with van der Waals surface area (Å²) in [4.78, 5) is 28.8. The summed E-state index contributed by atoms with van der Waals surface area (Å²) in [6, 6.07) is -1.13. The van der Waals surface area contributed by atoms with Crippen LogP contribution in [0, 0.1) is 5.92 Å². The first-order chi connectivity index (χ1) is 9.61. The second kappa shape index (κ2) is 6.51. The van der Waals surface area contributed by atoms with Crippen molar-refractivity contribution in [2.24, 2.45) is 5.92 Å². The van der Waals surface area contributed by atoms with Crippen molar-refractivity contribution in [2.75, 3.05) is 0 Å². The first-order valence-electron chi connectivity index (χ1n) is 6.04. The zero-order valence-corrected chi connectivity index (χ0v) is 11.3. The highest BCUT2D eigenvalue weighted by Crippen LogP contribution is 2.25. The van der Waals surface area contributed by atoms with Gasteiger partial charge in [-0.05, 0) is 12.3 Å². The van der Waals surface area contributed by atoms with E-state index in [-0.39, 0.29) is 17.9 Å². The fraction of sp³-hybridized carbons (Fsp3) is 0.500. The number of hydrogen-bond donors (Lipinski definition) is 2. The minimum absolute atomic E-state index is 0.0234. The molecule has 0 bridgehead atoms. The average molecular weight is 305 g/mol. The molecule has 1 aromatic heterocycles. The van der Waals surface area contributed by atoms with Crippen molar-refractivity contribution in [1.82, 2.24) is 15.3 Å². The summed E-state index contributed by atoms with van der Waals surface area (Å²) >= 11 is 0. The lowest BCUT2D eigenvalue weighted by molar-refractivity contribution is -0.145. The van der Waals surface area contributed by atoms with E-state index in [1.165, 1.54) is 0 Å². The number of halogens is 3. The van der Waals surface area contributed by atoms with Crippen LogP contribution in [-0.2, 0) is 11.0 Å². The molecular weight excluding hydrogens is 291 g/mol. The third kappa shape index (κ3) is 5.01. The Morgan fingerprint density at radius 1 is 1.29 bits per heavy atom. The molecule has 6 nitrogen and oxygen atoms in total. The molecule has 116 valence electrons. The number of hydrogen-bond acceptors (Lipinski definition) is 4. The molecule has 0 aliphatic rings. The molecule has 0 radical (unpaired) electrons. The normalized spacial score (nSPS) is 13.0. The molecule has 21 heavy (non-hydrogen) atoms. The van der Waals surface area contributed by atoms with E-state index in [1.807, 2.05) is 0 Å². The lowest BCUT2D eigenvalue weighted by Crippen LogP contribution is -2.41. The van der Waals surface area contributed by atoms with Crippen molar-refractivity contribution >= 4 is 11.9 Å². The van der Waals surface area contributed by atoms with Gasteiger partial charge in [-0.25, -0.2) is 14.8 Å². The molecule has 0 aliphatic heterocycles. The van der Waals surface area contributed by atoms with E-state index < -0.39 is 29.9 Å². The van der Waals surface area contributed by atoms with Gasteiger partial charge in [-0.15, -0.1) is 0 Å². The number of nitrogens with one attached hydrogen (secondary N) is 1. The molecule has 1 amide bonds. The first kappa shape index (κ1) is 16.9. The topological polar surface area (TPSA) is 92.2 Å². The van der Waals surface area contributed by atoms with E-state index in [0.29, 0.717) is 12.4 Å². The second-order valence-electron chi connectivity index (χ2n) is 4.79. The Bertz CT molecular complexity index is 515. The molecule has 0 fully saturated rings.